The molecule has 0 radical (unpaired) electrons. The molecule has 1 amide bonds. The van der Waals surface area contributed by atoms with Crippen LogP contribution in [-0.4, -0.2) is 57.7 Å². The van der Waals surface area contributed by atoms with Crippen molar-refractivity contribution in [1.29, 1.82) is 0 Å². The molecule has 1 aliphatic heterocycles. The Balaban J connectivity index is 2.06. The summed E-state index contributed by atoms with van der Waals surface area (Å²) in [5, 5.41) is 13.9. The number of anilines is 1. The molecule has 1 fully saturated rings. The number of likely N-dealkylation sites (tertiary alicyclic amines) is 1. The molecule has 24 heavy (non-hydrogen) atoms. The van der Waals surface area contributed by atoms with Gasteiger partial charge in [0.1, 0.15) is 18.0 Å². The Bertz CT molecular complexity index is 630. The van der Waals surface area contributed by atoms with Crippen molar-refractivity contribution in [3.63, 3.8) is 0 Å². The van der Waals surface area contributed by atoms with Crippen molar-refractivity contribution < 1.29 is 19.2 Å². The lowest BCUT2D eigenvalue weighted by atomic mass is 10.2. The first-order valence-electron chi connectivity index (χ1n) is 7.53. The van der Waals surface area contributed by atoms with Gasteiger partial charge in [0.25, 0.3) is 5.88 Å². The van der Waals surface area contributed by atoms with E-state index in [1.54, 1.807) is 20.8 Å². The van der Waals surface area contributed by atoms with Crippen LogP contribution in [0.25, 0.3) is 0 Å². The van der Waals surface area contributed by atoms with Crippen LogP contribution in [0.1, 0.15) is 27.2 Å². The second-order valence-corrected chi connectivity index (χ2v) is 6.34. The van der Waals surface area contributed by atoms with E-state index < -0.39 is 22.7 Å². The molecule has 1 N–H and O–H groups in total. The Kier molecular flexibility index (Phi) is 5.05. The lowest BCUT2D eigenvalue weighted by Crippen LogP contribution is -2.36. The molecular weight excluding hydrogens is 318 g/mol. The Hall–Kier alpha value is -2.65. The second kappa shape index (κ2) is 6.85. The minimum atomic E-state index is -0.595. The summed E-state index contributed by atoms with van der Waals surface area (Å²) in [7, 11) is 1.53. The highest BCUT2D eigenvalue weighted by Gasteiger charge is 2.33. The van der Waals surface area contributed by atoms with Crippen molar-refractivity contribution in [3.8, 4) is 5.88 Å². The van der Waals surface area contributed by atoms with Gasteiger partial charge in [-0.05, 0) is 20.8 Å². The van der Waals surface area contributed by atoms with Crippen molar-refractivity contribution in [3.05, 3.63) is 16.4 Å². The predicted molar refractivity (Wildman–Crippen MR) is 85.1 cm³/mol. The van der Waals surface area contributed by atoms with Crippen molar-refractivity contribution in [2.24, 2.45) is 0 Å². The summed E-state index contributed by atoms with van der Waals surface area (Å²) in [6.45, 7) is 6.11. The van der Waals surface area contributed by atoms with Gasteiger partial charge in [-0.2, -0.15) is 4.98 Å². The number of nitrogens with one attached hydrogen (secondary N) is 1. The molecule has 10 heteroatoms. The lowest BCUT2D eigenvalue weighted by molar-refractivity contribution is -0.385. The molecular formula is C14H21N5O5. The van der Waals surface area contributed by atoms with Crippen LogP contribution in [0.2, 0.25) is 0 Å². The van der Waals surface area contributed by atoms with Crippen LogP contribution in [0.15, 0.2) is 6.33 Å². The zero-order valence-corrected chi connectivity index (χ0v) is 14.1. The van der Waals surface area contributed by atoms with Crippen LogP contribution in [0.5, 0.6) is 5.88 Å². The van der Waals surface area contributed by atoms with Crippen LogP contribution in [0.3, 0.4) is 0 Å². The first-order valence-corrected chi connectivity index (χ1v) is 7.53. The van der Waals surface area contributed by atoms with Gasteiger partial charge >= 0.3 is 11.8 Å². The highest BCUT2D eigenvalue weighted by atomic mass is 16.6. The Labute approximate surface area is 139 Å². The van der Waals surface area contributed by atoms with Crippen molar-refractivity contribution in [2.75, 3.05) is 25.5 Å². The number of carbonyl (C=O) groups is 1. The van der Waals surface area contributed by atoms with Gasteiger partial charge in [0.05, 0.1) is 11.5 Å². The fourth-order valence-corrected chi connectivity index (χ4v) is 2.27. The van der Waals surface area contributed by atoms with E-state index in [0.29, 0.717) is 13.0 Å². The fraction of sp³-hybridized carbons (Fsp3) is 0.643. The average molecular weight is 339 g/mol. The molecule has 2 heterocycles. The average Bonchev–Trinajstić information content (AvgIpc) is 2.93. The Morgan fingerprint density at radius 1 is 1.46 bits per heavy atom. The van der Waals surface area contributed by atoms with E-state index in [4.69, 9.17) is 9.47 Å². The minimum absolute atomic E-state index is 0.0759. The number of carbonyl (C=O) groups excluding carboxylic acids is 1. The molecule has 1 unspecified atom stereocenters. The molecule has 132 valence electrons. The summed E-state index contributed by atoms with van der Waals surface area (Å²) >= 11 is 0. The largest absolute Gasteiger partial charge is 0.467 e. The second-order valence-electron chi connectivity index (χ2n) is 6.34. The third-order valence-corrected chi connectivity index (χ3v) is 3.28. The Morgan fingerprint density at radius 2 is 2.17 bits per heavy atom. The van der Waals surface area contributed by atoms with Crippen molar-refractivity contribution in [2.45, 2.75) is 38.9 Å². The molecule has 1 aromatic heterocycles. The van der Waals surface area contributed by atoms with Crippen LogP contribution in [0, 0.1) is 10.1 Å². The molecule has 0 aliphatic carbocycles. The molecule has 2 rings (SSSR count). The van der Waals surface area contributed by atoms with Gasteiger partial charge in [0, 0.05) is 20.0 Å². The predicted octanol–water partition coefficient (Wildman–Crippen LogP) is 1.81. The summed E-state index contributed by atoms with van der Waals surface area (Å²) in [4.78, 5) is 31.8. The monoisotopic (exact) mass is 339 g/mol. The summed E-state index contributed by atoms with van der Waals surface area (Å²) < 4.78 is 10.9. The third kappa shape index (κ3) is 4.21. The maximum absolute atomic E-state index is 12.0. The van der Waals surface area contributed by atoms with Crippen molar-refractivity contribution in [1.82, 2.24) is 14.9 Å². The van der Waals surface area contributed by atoms with Gasteiger partial charge < -0.3 is 19.7 Å². The SMILES string of the molecule is CNc1ncnc(OC2CCN(C(=O)OC(C)(C)C)C2)c1[N+](=O)[O-]. The molecule has 0 saturated carbocycles. The van der Waals surface area contributed by atoms with Crippen LogP contribution in [-0.2, 0) is 4.74 Å². The molecule has 1 aromatic rings. The van der Waals surface area contributed by atoms with E-state index in [-0.39, 0.29) is 23.9 Å². The van der Waals surface area contributed by atoms with Gasteiger partial charge in [-0.15, -0.1) is 0 Å². The molecule has 1 atom stereocenters. The highest BCUT2D eigenvalue weighted by molar-refractivity contribution is 5.68. The van der Waals surface area contributed by atoms with Crippen molar-refractivity contribution >= 4 is 17.6 Å². The quantitative estimate of drug-likeness (QED) is 0.651. The molecule has 0 spiro atoms. The topological polar surface area (TPSA) is 120 Å². The van der Waals surface area contributed by atoms with Crippen LogP contribution < -0.4 is 10.1 Å². The first-order chi connectivity index (χ1) is 11.2. The zero-order valence-electron chi connectivity index (χ0n) is 14.1. The van der Waals surface area contributed by atoms with Gasteiger partial charge in [0.15, 0.2) is 0 Å². The van der Waals surface area contributed by atoms with Crippen LogP contribution >= 0.6 is 0 Å². The summed E-state index contributed by atoms with van der Waals surface area (Å²) in [6.07, 6.45) is 0.904. The summed E-state index contributed by atoms with van der Waals surface area (Å²) in [5.74, 6) is -0.0395. The smallest absolute Gasteiger partial charge is 0.410 e. The van der Waals surface area contributed by atoms with E-state index in [2.05, 4.69) is 15.3 Å². The third-order valence-electron chi connectivity index (χ3n) is 3.28. The van der Waals surface area contributed by atoms with Crippen LogP contribution in [0.4, 0.5) is 16.3 Å². The normalized spacial score (nSPS) is 17.5. The molecule has 1 aliphatic rings. The number of amides is 1. The standard InChI is InChI=1S/C14H21N5O5/c1-14(2,3)24-13(20)18-6-5-9(7-18)23-12-10(19(21)22)11(15-4)16-8-17-12/h8-9H,5-7H2,1-4H3,(H,15,16,17). The van der Waals surface area contributed by atoms with E-state index in [0.717, 1.165) is 0 Å². The van der Waals surface area contributed by atoms with Gasteiger partial charge in [-0.1, -0.05) is 0 Å². The summed E-state index contributed by atoms with van der Waals surface area (Å²) in [6, 6.07) is 0. The number of nitro groups is 1. The zero-order chi connectivity index (χ0) is 17.9. The highest BCUT2D eigenvalue weighted by Crippen LogP contribution is 2.32. The summed E-state index contributed by atoms with van der Waals surface area (Å²) in [5.41, 5.74) is -0.904. The molecule has 0 bridgehead atoms. The van der Waals surface area contributed by atoms with E-state index in [1.807, 2.05) is 0 Å². The lowest BCUT2D eigenvalue weighted by Gasteiger charge is -2.24. The molecule has 1 saturated heterocycles. The number of nitrogens with zero attached hydrogens (tertiary/aromatic N) is 4. The number of hydrogen-bond acceptors (Lipinski definition) is 8. The number of ether oxygens (including phenoxy) is 2. The van der Waals surface area contributed by atoms with Gasteiger partial charge in [-0.3, -0.25) is 10.1 Å². The maximum Gasteiger partial charge on any atom is 0.410 e. The minimum Gasteiger partial charge on any atom is -0.467 e. The molecule has 0 aromatic carbocycles. The van der Waals surface area contributed by atoms with Gasteiger partial charge in [-0.25, -0.2) is 9.78 Å². The van der Waals surface area contributed by atoms with Gasteiger partial charge in [0.2, 0.25) is 5.82 Å². The molecule has 10 nitrogen and oxygen atoms in total. The van der Waals surface area contributed by atoms with E-state index in [1.165, 1.54) is 18.3 Å². The fourth-order valence-electron chi connectivity index (χ4n) is 2.27. The number of rotatable bonds is 4. The Morgan fingerprint density at radius 3 is 2.75 bits per heavy atom. The van der Waals surface area contributed by atoms with E-state index >= 15 is 0 Å². The number of aromatic nitrogens is 2. The maximum atomic E-state index is 12.0. The van der Waals surface area contributed by atoms with E-state index in [9.17, 15) is 14.9 Å². The number of hydrogen-bond donors (Lipinski definition) is 1. The first kappa shape index (κ1) is 17.7.